The van der Waals surface area contributed by atoms with Crippen LogP contribution in [0.2, 0.25) is 0 Å². The Morgan fingerprint density at radius 2 is 1.51 bits per heavy atom. The molecule has 9 rings (SSSR count). The van der Waals surface area contributed by atoms with E-state index in [0.29, 0.717) is 72.8 Å². The standard InChI is InChI=1S/C63H71N9O14S3/c1-39-13-25-51-48(33-39)62(2,3)53(71(51)29-6-8-31-87(77,78)79)27-19-42-11-10-12-43(20-28-54-63(4,5)49-34-41(38-89(83,84)85)16-26-52(49)72(54)30-7-9-32-88(80,81)82)56(42)86-47-23-14-40(15-24-47)35-50(60(75)76)68-58(73)44-17-21-45(22-18-44)65-36-46-37-66-57-55(67-46)59(74)70-61(64)69-57/h13-28,33-34,37,50H,6-12,29-32,35-36,38H2,1-5H3,(H8-,64,65,66,68,69,70,73,74,75,76,77,78,79,80,81,82,83,84,85)/p+1/t50-/m0/s1/i14+1,15+1,23+1,24+1,35+1,40+1,47+1,50+1,60+1. The molecule has 9 N–H and O–H groups in total. The van der Waals surface area contributed by atoms with Crippen LogP contribution >= 0.6 is 0 Å². The second-order valence-corrected chi connectivity index (χ2v) is 28.1. The van der Waals surface area contributed by atoms with Gasteiger partial charge in [0.2, 0.25) is 11.6 Å². The average molecular weight is 1280 g/mol. The van der Waals surface area contributed by atoms with Gasteiger partial charge in [0.25, 0.3) is 41.8 Å². The highest BCUT2D eigenvalue weighted by Gasteiger charge is 2.45. The number of aliphatic carboxylic acids is 1. The van der Waals surface area contributed by atoms with Crippen LogP contribution in [0.15, 0.2) is 143 Å². The maximum absolute atomic E-state index is 13.5. The number of H-pyrrole nitrogens is 1. The van der Waals surface area contributed by atoms with E-state index in [0.717, 1.165) is 57.0 Å². The van der Waals surface area contributed by atoms with Crippen molar-refractivity contribution in [1.82, 2.24) is 25.3 Å². The molecule has 4 aromatic carbocycles. The summed E-state index contributed by atoms with van der Waals surface area (Å²) >= 11 is 0. The number of aryl methyl sites for hydroxylation is 1. The highest BCUT2D eigenvalue weighted by molar-refractivity contribution is 7.86. The zero-order chi connectivity index (χ0) is 64.2. The molecule has 1 atom stereocenters. The summed E-state index contributed by atoms with van der Waals surface area (Å²) in [6.07, 6.45) is 12.7. The molecule has 4 heterocycles. The number of rotatable bonds is 25. The quantitative estimate of drug-likeness (QED) is 0.0115. The molecule has 89 heavy (non-hydrogen) atoms. The van der Waals surface area contributed by atoms with Crippen molar-refractivity contribution in [2.45, 2.75) is 115 Å². The fourth-order valence-electron chi connectivity index (χ4n) is 11.6. The van der Waals surface area contributed by atoms with E-state index in [1.807, 2.05) is 45.1 Å². The van der Waals surface area contributed by atoms with Crippen molar-refractivity contribution in [2.75, 3.05) is 40.5 Å². The number of aromatic amines is 1. The molecular weight excluding hydrogens is 1210 g/mol. The minimum atomic E-state index is -4.36. The lowest BCUT2D eigenvalue weighted by atomic mass is 9.80. The van der Waals surface area contributed by atoms with E-state index in [9.17, 15) is 58.4 Å². The zero-order valence-electron chi connectivity index (χ0n) is 49.9. The number of carbonyl (C=O) groups is 2. The Morgan fingerprint density at radius 3 is 2.19 bits per heavy atom. The first kappa shape index (κ1) is 65.1. The van der Waals surface area contributed by atoms with Gasteiger partial charge in [-0.1, -0.05) is 55.8 Å². The Bertz CT molecular complexity index is 4330. The number of benzene rings is 4. The largest absolute Gasteiger partial charge is 0.480 e. The number of nitrogens with two attached hydrogens (primary N) is 1. The first-order valence-corrected chi connectivity index (χ1v) is 33.8. The van der Waals surface area contributed by atoms with Gasteiger partial charge in [-0.2, -0.15) is 34.8 Å². The van der Waals surface area contributed by atoms with Crippen LogP contribution in [-0.4, -0.2) is 117 Å². The molecule has 0 saturated carbocycles. The number of ether oxygens (including phenoxy) is 1. The molecule has 3 aliphatic rings. The number of nitrogens with one attached hydrogen (secondary N) is 3. The lowest BCUT2D eigenvalue weighted by Crippen LogP contribution is -2.42. The number of nitrogen functional groups attached to an aromatic ring is 1. The summed E-state index contributed by atoms with van der Waals surface area (Å²) in [5.41, 5.74) is 14.4. The van der Waals surface area contributed by atoms with Crippen LogP contribution in [0.4, 0.5) is 23.0 Å². The molecule has 2 aliphatic heterocycles. The number of aromatic nitrogens is 4. The summed E-state index contributed by atoms with van der Waals surface area (Å²) in [5, 5.41) is 16.1. The van der Waals surface area contributed by atoms with E-state index in [-0.39, 0.29) is 54.2 Å². The summed E-state index contributed by atoms with van der Waals surface area (Å²) in [4.78, 5) is 55.6. The van der Waals surface area contributed by atoms with Crippen molar-refractivity contribution in [3.05, 3.63) is 187 Å². The molecule has 0 fully saturated rings. The lowest BCUT2D eigenvalue weighted by Gasteiger charge is -2.27. The van der Waals surface area contributed by atoms with Gasteiger partial charge in [-0.25, -0.2) is 14.8 Å². The van der Waals surface area contributed by atoms with Crippen LogP contribution in [0.3, 0.4) is 0 Å². The van der Waals surface area contributed by atoms with Crippen molar-refractivity contribution < 1.29 is 62.9 Å². The normalized spacial score (nSPS) is 17.0. The number of carboxylic acid groups (broad SMARTS) is 1. The lowest BCUT2D eigenvalue weighted by molar-refractivity contribution is -0.438. The number of fused-ring (bicyclic) bond motifs is 3. The zero-order valence-corrected chi connectivity index (χ0v) is 52.3. The van der Waals surface area contributed by atoms with E-state index in [2.05, 4.69) is 72.1 Å². The van der Waals surface area contributed by atoms with E-state index >= 15 is 0 Å². The van der Waals surface area contributed by atoms with Crippen LogP contribution in [0.5, 0.6) is 5.75 Å². The maximum atomic E-state index is 13.5. The van der Waals surface area contributed by atoms with Crippen molar-refractivity contribution >= 4 is 82.1 Å². The van der Waals surface area contributed by atoms with Crippen molar-refractivity contribution in [1.29, 1.82) is 0 Å². The van der Waals surface area contributed by atoms with Crippen LogP contribution in [0.25, 0.3) is 11.2 Å². The number of carbonyl (C=O) groups excluding carboxylic acids is 1. The molecule has 6 aromatic rings. The van der Waals surface area contributed by atoms with Crippen LogP contribution in [0.1, 0.15) is 117 Å². The van der Waals surface area contributed by atoms with Gasteiger partial charge in [-0.3, -0.25) is 28.2 Å². The number of nitrogens with zero attached hydrogens (tertiary/aromatic N) is 5. The van der Waals surface area contributed by atoms with Crippen LogP contribution < -0.4 is 31.6 Å². The summed E-state index contributed by atoms with van der Waals surface area (Å²) in [5.74, 6) is -2.33. The number of allylic oxidation sites excluding steroid dienone is 7. The maximum Gasteiger partial charge on any atom is 0.326 e. The Labute approximate surface area is 516 Å². The van der Waals surface area contributed by atoms with E-state index in [1.54, 1.807) is 66.7 Å². The smallest absolute Gasteiger partial charge is 0.326 e. The van der Waals surface area contributed by atoms with Crippen molar-refractivity contribution in [3.63, 3.8) is 0 Å². The summed E-state index contributed by atoms with van der Waals surface area (Å²) in [7, 11) is -12.7. The number of hydrogen-bond acceptors (Lipinski definition) is 16. The number of unbranched alkanes of at least 4 members (excludes halogenated alkanes) is 2. The SMILES string of the molecule is Cc1ccc2c(c1)C(C)(C)/C(=C\C=C1/CCCC(/C=C/C3=[N+](CCCCS(=O)(=O)O)c4ccc(CS(=O)(=O)O)cc4C3(C)C)=C1O[13c]1[13cH][13cH][13c]([13CH2][13C@H](NC(=O)c3ccc(NCc4cnc5nc(N)[nH]c(=O)c5n4)cc3)[13C](=O)O)[13cH][13cH]1)N2CCCCS(=O)(=O)O. The van der Waals surface area contributed by atoms with Gasteiger partial charge in [-0.15, -0.1) is 0 Å². The molecule has 1 amide bonds. The summed E-state index contributed by atoms with van der Waals surface area (Å²) in [6, 6.07) is 23.4. The fourth-order valence-corrected chi connectivity index (χ4v) is 13.3. The molecule has 0 spiro atoms. The molecule has 2 aromatic heterocycles. The molecule has 1 aliphatic carbocycles. The van der Waals surface area contributed by atoms with Gasteiger partial charge < -0.3 is 31.1 Å². The van der Waals surface area contributed by atoms with Gasteiger partial charge in [-0.05, 0) is 148 Å². The highest BCUT2D eigenvalue weighted by atomic mass is 32.2. The second kappa shape index (κ2) is 26.4. The van der Waals surface area contributed by atoms with Crippen LogP contribution in [0, 0.1) is 6.92 Å². The van der Waals surface area contributed by atoms with Gasteiger partial charge in [0.15, 0.2) is 16.9 Å². The third-order valence-corrected chi connectivity index (χ3v) is 18.4. The number of anilines is 3. The van der Waals surface area contributed by atoms with Gasteiger partial charge >= 0.3 is 5.97 Å². The molecular formula is C63H72N9O14S3+. The van der Waals surface area contributed by atoms with E-state index in [1.165, 1.54) is 6.20 Å². The minimum absolute atomic E-state index is 0.0304. The molecule has 0 radical (unpaired) electrons. The van der Waals surface area contributed by atoms with Gasteiger partial charge in [0.1, 0.15) is 29.8 Å². The molecule has 470 valence electrons. The number of carboxylic acids is 1. The minimum Gasteiger partial charge on any atom is -0.480 e. The van der Waals surface area contributed by atoms with Gasteiger partial charge in [0.05, 0.1) is 35.4 Å². The predicted molar refractivity (Wildman–Crippen MR) is 339 cm³/mol. The topological polar surface area (TPSA) is 355 Å². The molecule has 23 nitrogen and oxygen atoms in total. The summed E-state index contributed by atoms with van der Waals surface area (Å²) in [6.45, 7) is 11.3. The van der Waals surface area contributed by atoms with E-state index in [4.69, 9.17) is 10.5 Å². The van der Waals surface area contributed by atoms with Gasteiger partial charge in [0, 0.05) is 65.1 Å². The monoisotopic (exact) mass is 1280 g/mol. The van der Waals surface area contributed by atoms with Crippen LogP contribution in [-0.2, 0) is 64.7 Å². The Hall–Kier alpha value is -8.40. The highest BCUT2D eigenvalue weighted by Crippen LogP contribution is 2.49. The third-order valence-electron chi connectivity index (χ3n) is 16.1. The van der Waals surface area contributed by atoms with Crippen molar-refractivity contribution in [2.24, 2.45) is 0 Å². The summed E-state index contributed by atoms with van der Waals surface area (Å²) < 4.78 is 109. The second-order valence-electron chi connectivity index (χ2n) is 23.5. The number of amides is 1. The third kappa shape index (κ3) is 16.1. The molecule has 0 bridgehead atoms. The average Bonchev–Trinajstić information content (AvgIpc) is 1.61. The molecule has 26 heteroatoms. The number of hydrogen-bond donors (Lipinski definition) is 8. The molecule has 0 unspecified atom stereocenters. The van der Waals surface area contributed by atoms with E-state index < -0.39 is 76.2 Å². The Balaban J connectivity index is 1.01. The first-order valence-electron chi connectivity index (χ1n) is 28.9. The molecule has 0 saturated heterocycles. The Morgan fingerprint density at radius 1 is 0.809 bits per heavy atom. The predicted octanol–water partition coefficient (Wildman–Crippen LogP) is 8.42. The van der Waals surface area contributed by atoms with Crippen molar-refractivity contribution in [3.8, 4) is 5.75 Å². The Kier molecular flexibility index (Phi) is 19.3. The fraction of sp³-hybridized carbons (Fsp3) is 0.349. The first-order chi connectivity index (χ1) is 41.9.